The van der Waals surface area contributed by atoms with Crippen molar-refractivity contribution in [1.82, 2.24) is 4.90 Å². The van der Waals surface area contributed by atoms with E-state index in [0.717, 1.165) is 0 Å². The zero-order valence-corrected chi connectivity index (χ0v) is 11.7. The molecule has 0 aromatic rings. The molecule has 2 aliphatic rings. The molecule has 16 heavy (non-hydrogen) atoms. The van der Waals surface area contributed by atoms with Gasteiger partial charge in [0.15, 0.2) is 0 Å². The van der Waals surface area contributed by atoms with Crippen LogP contribution in [0.4, 0.5) is 0 Å². The third kappa shape index (κ3) is 3.63. The van der Waals surface area contributed by atoms with Crippen molar-refractivity contribution in [1.29, 1.82) is 0 Å². The van der Waals surface area contributed by atoms with Gasteiger partial charge in [-0.25, -0.2) is 0 Å². The minimum Gasteiger partial charge on any atom is -0.298 e. The first-order chi connectivity index (χ1) is 7.31. The van der Waals surface area contributed by atoms with Crippen LogP contribution in [-0.4, -0.2) is 23.5 Å². The normalized spacial score (nSPS) is 27.6. The lowest BCUT2D eigenvalue weighted by atomic mass is 9.90. The molecule has 0 atom stereocenters. The number of rotatable bonds is 1. The summed E-state index contributed by atoms with van der Waals surface area (Å²) < 4.78 is 0. The lowest BCUT2D eigenvalue weighted by Crippen LogP contribution is -2.46. The highest BCUT2D eigenvalue weighted by molar-refractivity contribution is 5.85. The fourth-order valence-electron chi connectivity index (χ4n) is 3.42. The molecule has 2 fully saturated rings. The second-order valence-corrected chi connectivity index (χ2v) is 5.81. The highest BCUT2D eigenvalue weighted by atomic mass is 35.5. The summed E-state index contributed by atoms with van der Waals surface area (Å²) in [6, 6.07) is 0. The summed E-state index contributed by atoms with van der Waals surface area (Å²) in [4.78, 5) is 2.82. The van der Waals surface area contributed by atoms with E-state index in [4.69, 9.17) is 0 Å². The Labute approximate surface area is 107 Å². The fraction of sp³-hybridized carbons (Fsp3) is 1.00. The number of nitrogens with zero attached hydrogens (tertiary/aromatic N) is 1. The van der Waals surface area contributed by atoms with E-state index in [-0.39, 0.29) is 12.4 Å². The molecule has 0 aromatic heterocycles. The summed E-state index contributed by atoms with van der Waals surface area (Å²) in [5, 5.41) is 0. The van der Waals surface area contributed by atoms with Crippen LogP contribution in [0.2, 0.25) is 0 Å². The molecule has 0 radical (unpaired) electrons. The third-order valence-corrected chi connectivity index (χ3v) is 4.55. The minimum absolute atomic E-state index is 0. The molecule has 1 aliphatic carbocycles. The lowest BCUT2D eigenvalue weighted by Gasteiger charge is -2.40. The second-order valence-electron chi connectivity index (χ2n) is 5.81. The van der Waals surface area contributed by atoms with Gasteiger partial charge in [-0.2, -0.15) is 0 Å². The molecule has 1 heterocycles. The van der Waals surface area contributed by atoms with Crippen LogP contribution in [0.1, 0.15) is 71.1 Å². The molecule has 1 aliphatic heterocycles. The van der Waals surface area contributed by atoms with E-state index in [0.29, 0.717) is 5.54 Å². The fourth-order valence-corrected chi connectivity index (χ4v) is 3.42. The van der Waals surface area contributed by atoms with Gasteiger partial charge in [-0.05, 0) is 45.7 Å². The van der Waals surface area contributed by atoms with Crippen molar-refractivity contribution in [3.05, 3.63) is 0 Å². The number of hydrogen-bond acceptors (Lipinski definition) is 1. The van der Waals surface area contributed by atoms with E-state index in [1.165, 1.54) is 77.3 Å². The molecule has 0 unspecified atom stereocenters. The standard InChI is InChI=1S/C14H27N.ClH/c1-14(10-6-2-3-7-11-14)15-12-8-4-5-9-13-15;/h2-13H2,1H3;1H. The summed E-state index contributed by atoms with van der Waals surface area (Å²) in [5.41, 5.74) is 0.556. The molecule has 1 nitrogen and oxygen atoms in total. The minimum atomic E-state index is 0. The Kier molecular flexibility index (Phi) is 6.13. The molecule has 96 valence electrons. The molecule has 2 rings (SSSR count). The molecular weight excluding hydrogens is 218 g/mol. The Morgan fingerprint density at radius 3 is 1.62 bits per heavy atom. The molecule has 0 amide bonds. The van der Waals surface area contributed by atoms with Crippen LogP contribution >= 0.6 is 12.4 Å². The van der Waals surface area contributed by atoms with Crippen molar-refractivity contribution < 1.29 is 0 Å². The molecular formula is C14H28ClN. The predicted molar refractivity (Wildman–Crippen MR) is 73.4 cm³/mol. The Bertz CT molecular complexity index is 177. The van der Waals surface area contributed by atoms with Gasteiger partial charge in [0.2, 0.25) is 0 Å². The van der Waals surface area contributed by atoms with Crippen LogP contribution in [0.5, 0.6) is 0 Å². The first kappa shape index (κ1) is 14.3. The van der Waals surface area contributed by atoms with Gasteiger partial charge in [0.1, 0.15) is 0 Å². The monoisotopic (exact) mass is 245 g/mol. The van der Waals surface area contributed by atoms with Crippen molar-refractivity contribution >= 4 is 12.4 Å². The van der Waals surface area contributed by atoms with Crippen molar-refractivity contribution in [2.45, 2.75) is 76.7 Å². The van der Waals surface area contributed by atoms with Crippen LogP contribution in [0.15, 0.2) is 0 Å². The van der Waals surface area contributed by atoms with E-state index in [9.17, 15) is 0 Å². The van der Waals surface area contributed by atoms with E-state index < -0.39 is 0 Å². The van der Waals surface area contributed by atoms with Gasteiger partial charge in [0.25, 0.3) is 0 Å². The second kappa shape index (κ2) is 6.86. The van der Waals surface area contributed by atoms with E-state index in [1.807, 2.05) is 0 Å². The molecule has 2 heteroatoms. The third-order valence-electron chi connectivity index (χ3n) is 4.55. The molecule has 0 N–H and O–H groups in total. The predicted octanol–water partition coefficient (Wildman–Crippen LogP) is 4.40. The van der Waals surface area contributed by atoms with Gasteiger partial charge in [0.05, 0.1) is 0 Å². The summed E-state index contributed by atoms with van der Waals surface area (Å²) in [6.45, 7) is 5.27. The summed E-state index contributed by atoms with van der Waals surface area (Å²) >= 11 is 0. The SMILES string of the molecule is CC1(N2CCCCCC2)CCCCCC1.Cl. The Morgan fingerprint density at radius 2 is 1.12 bits per heavy atom. The van der Waals surface area contributed by atoms with Gasteiger partial charge in [0, 0.05) is 5.54 Å². The van der Waals surface area contributed by atoms with Crippen LogP contribution in [0.25, 0.3) is 0 Å². The van der Waals surface area contributed by atoms with Crippen LogP contribution in [-0.2, 0) is 0 Å². The van der Waals surface area contributed by atoms with Crippen LogP contribution in [0, 0.1) is 0 Å². The lowest BCUT2D eigenvalue weighted by molar-refractivity contribution is 0.0915. The maximum Gasteiger partial charge on any atom is 0.0181 e. The first-order valence-corrected chi connectivity index (χ1v) is 7.06. The maximum atomic E-state index is 2.82. The summed E-state index contributed by atoms with van der Waals surface area (Å²) in [5.74, 6) is 0. The average Bonchev–Trinajstić information content (AvgIpc) is 2.60. The quantitative estimate of drug-likeness (QED) is 0.619. The molecule has 1 saturated carbocycles. The van der Waals surface area contributed by atoms with Crippen molar-refractivity contribution in [3.63, 3.8) is 0 Å². The highest BCUT2D eigenvalue weighted by Gasteiger charge is 2.32. The zero-order chi connectivity index (χ0) is 10.6. The van der Waals surface area contributed by atoms with Gasteiger partial charge in [-0.1, -0.05) is 38.5 Å². The number of halogens is 1. The van der Waals surface area contributed by atoms with Gasteiger partial charge >= 0.3 is 0 Å². The van der Waals surface area contributed by atoms with E-state index in [2.05, 4.69) is 11.8 Å². The summed E-state index contributed by atoms with van der Waals surface area (Å²) in [7, 11) is 0. The average molecular weight is 246 g/mol. The van der Waals surface area contributed by atoms with Crippen molar-refractivity contribution in [2.75, 3.05) is 13.1 Å². The Balaban J connectivity index is 0.00000128. The van der Waals surface area contributed by atoms with Gasteiger partial charge < -0.3 is 0 Å². The molecule has 0 aromatic carbocycles. The van der Waals surface area contributed by atoms with Crippen LogP contribution in [0.3, 0.4) is 0 Å². The van der Waals surface area contributed by atoms with Crippen LogP contribution < -0.4 is 0 Å². The Morgan fingerprint density at radius 1 is 0.688 bits per heavy atom. The molecule has 0 spiro atoms. The topological polar surface area (TPSA) is 3.24 Å². The zero-order valence-electron chi connectivity index (χ0n) is 10.8. The molecule has 0 bridgehead atoms. The maximum absolute atomic E-state index is 2.82. The van der Waals surface area contributed by atoms with Gasteiger partial charge in [-0.3, -0.25) is 4.90 Å². The van der Waals surface area contributed by atoms with E-state index in [1.54, 1.807) is 0 Å². The van der Waals surface area contributed by atoms with E-state index >= 15 is 0 Å². The largest absolute Gasteiger partial charge is 0.298 e. The van der Waals surface area contributed by atoms with Crippen molar-refractivity contribution in [2.24, 2.45) is 0 Å². The number of hydrogen-bond donors (Lipinski definition) is 0. The smallest absolute Gasteiger partial charge is 0.0181 e. The first-order valence-electron chi connectivity index (χ1n) is 7.06. The van der Waals surface area contributed by atoms with Gasteiger partial charge in [-0.15, -0.1) is 12.4 Å². The molecule has 1 saturated heterocycles. The highest BCUT2D eigenvalue weighted by Crippen LogP contribution is 2.33. The van der Waals surface area contributed by atoms with Crippen molar-refractivity contribution in [3.8, 4) is 0 Å². The summed E-state index contributed by atoms with van der Waals surface area (Å²) in [6.07, 6.45) is 14.6. The Hall–Kier alpha value is 0.250. The number of likely N-dealkylation sites (tertiary alicyclic amines) is 1.